The number of amides is 2. The molecular weight excluding hydrogens is 336 g/mol. The van der Waals surface area contributed by atoms with Crippen LogP contribution < -0.4 is 10.6 Å². The molecule has 132 valence electrons. The quantitative estimate of drug-likeness (QED) is 0.798. The lowest BCUT2D eigenvalue weighted by atomic mass is 10.1. The van der Waals surface area contributed by atoms with Gasteiger partial charge in [0.25, 0.3) is 5.91 Å². The van der Waals surface area contributed by atoms with Gasteiger partial charge < -0.3 is 15.1 Å². The number of thioether (sulfide) groups is 1. The number of aryl methyl sites for hydroxylation is 1. The van der Waals surface area contributed by atoms with Crippen molar-refractivity contribution in [3.05, 3.63) is 59.5 Å². The first-order valence-corrected chi connectivity index (χ1v) is 9.80. The van der Waals surface area contributed by atoms with Crippen LogP contribution in [0, 0.1) is 0 Å². The molecule has 1 heterocycles. The maximum Gasteiger partial charge on any atom is 0.287 e. The number of carbonyl (C=O) groups excluding carboxylic acids is 2. The van der Waals surface area contributed by atoms with Crippen molar-refractivity contribution >= 4 is 23.6 Å². The lowest BCUT2D eigenvalue weighted by molar-refractivity contribution is -0.123. The van der Waals surface area contributed by atoms with E-state index in [-0.39, 0.29) is 23.6 Å². The molecule has 25 heavy (non-hydrogen) atoms. The molecule has 5 nitrogen and oxygen atoms in total. The van der Waals surface area contributed by atoms with Crippen LogP contribution >= 0.6 is 11.8 Å². The van der Waals surface area contributed by atoms with Crippen LogP contribution in [0.2, 0.25) is 0 Å². The summed E-state index contributed by atoms with van der Waals surface area (Å²) in [6.07, 6.45) is 5.87. The predicted molar refractivity (Wildman–Crippen MR) is 98.6 cm³/mol. The lowest BCUT2D eigenvalue weighted by Gasteiger charge is -2.21. The Labute approximate surface area is 151 Å². The van der Waals surface area contributed by atoms with Crippen molar-refractivity contribution in [2.24, 2.45) is 0 Å². The summed E-state index contributed by atoms with van der Waals surface area (Å²) in [6.45, 7) is 0. The molecule has 2 amide bonds. The molecule has 1 aliphatic rings. The molecule has 2 atom stereocenters. The molecule has 1 aliphatic carbocycles. The summed E-state index contributed by atoms with van der Waals surface area (Å²) in [5, 5.41) is 5.90. The molecule has 1 aromatic carbocycles. The highest BCUT2D eigenvalue weighted by Crippen LogP contribution is 2.30. The molecule has 0 fully saturated rings. The normalized spacial score (nSPS) is 16.9. The van der Waals surface area contributed by atoms with E-state index in [1.54, 1.807) is 23.9 Å². The van der Waals surface area contributed by atoms with Gasteiger partial charge in [0, 0.05) is 0 Å². The Morgan fingerprint density at radius 3 is 2.88 bits per heavy atom. The highest BCUT2D eigenvalue weighted by Gasteiger charge is 2.28. The fourth-order valence-electron chi connectivity index (χ4n) is 3.12. The third-order valence-corrected chi connectivity index (χ3v) is 5.07. The fraction of sp³-hybridized carbons (Fsp3) is 0.368. The van der Waals surface area contributed by atoms with Gasteiger partial charge in [0.1, 0.15) is 6.04 Å². The van der Waals surface area contributed by atoms with E-state index in [0.717, 1.165) is 18.6 Å². The summed E-state index contributed by atoms with van der Waals surface area (Å²) in [7, 11) is 0. The van der Waals surface area contributed by atoms with Gasteiger partial charge >= 0.3 is 0 Å². The Balaban J connectivity index is 1.66. The van der Waals surface area contributed by atoms with Gasteiger partial charge in [-0.3, -0.25) is 9.59 Å². The third-order valence-electron chi connectivity index (χ3n) is 4.43. The van der Waals surface area contributed by atoms with E-state index in [0.29, 0.717) is 6.42 Å². The zero-order valence-corrected chi connectivity index (χ0v) is 15.0. The Hall–Kier alpha value is -2.21. The number of hydrogen-bond donors (Lipinski definition) is 2. The molecule has 2 aromatic rings. The van der Waals surface area contributed by atoms with Crippen LogP contribution in [0.15, 0.2) is 47.1 Å². The minimum atomic E-state index is -0.571. The van der Waals surface area contributed by atoms with Crippen molar-refractivity contribution < 1.29 is 14.0 Å². The molecule has 0 aliphatic heterocycles. The van der Waals surface area contributed by atoms with Gasteiger partial charge in [-0.1, -0.05) is 24.3 Å². The standard InChI is InChI=1S/C19H22N2O3S/c1-25-12-10-16(21-19(23)17-7-4-11-24-17)18(22)20-15-9-8-13-5-2-3-6-14(13)15/h2-7,11,15-16H,8-10,12H2,1H3,(H,20,22)(H,21,23)/t15-,16+/m0/s1. The molecule has 0 radical (unpaired) electrons. The minimum Gasteiger partial charge on any atom is -0.459 e. The summed E-state index contributed by atoms with van der Waals surface area (Å²) in [5.74, 6) is 0.500. The average Bonchev–Trinajstić information content (AvgIpc) is 3.29. The molecule has 0 saturated heterocycles. The highest BCUT2D eigenvalue weighted by molar-refractivity contribution is 7.98. The van der Waals surface area contributed by atoms with Gasteiger partial charge in [-0.2, -0.15) is 11.8 Å². The van der Waals surface area contributed by atoms with E-state index in [1.165, 1.54) is 17.4 Å². The van der Waals surface area contributed by atoms with E-state index < -0.39 is 6.04 Å². The average molecular weight is 358 g/mol. The molecule has 0 saturated carbocycles. The summed E-state index contributed by atoms with van der Waals surface area (Å²) in [6, 6.07) is 10.9. The Morgan fingerprint density at radius 2 is 2.12 bits per heavy atom. The number of benzene rings is 1. The summed E-state index contributed by atoms with van der Waals surface area (Å²) < 4.78 is 5.11. The topological polar surface area (TPSA) is 71.3 Å². The second-order valence-corrected chi connectivity index (χ2v) is 7.07. The van der Waals surface area contributed by atoms with Gasteiger partial charge in [-0.25, -0.2) is 0 Å². The molecule has 0 bridgehead atoms. The maximum atomic E-state index is 12.8. The third kappa shape index (κ3) is 4.25. The van der Waals surface area contributed by atoms with E-state index in [4.69, 9.17) is 4.42 Å². The van der Waals surface area contributed by atoms with Crippen LogP contribution in [0.25, 0.3) is 0 Å². The summed E-state index contributed by atoms with van der Waals surface area (Å²) >= 11 is 1.65. The number of nitrogens with one attached hydrogen (secondary N) is 2. The number of carbonyl (C=O) groups is 2. The van der Waals surface area contributed by atoms with Gasteiger partial charge in [0.2, 0.25) is 5.91 Å². The van der Waals surface area contributed by atoms with Crippen LogP contribution in [0.5, 0.6) is 0 Å². The Morgan fingerprint density at radius 1 is 1.28 bits per heavy atom. The van der Waals surface area contributed by atoms with Crippen molar-refractivity contribution in [2.45, 2.75) is 31.3 Å². The number of furan rings is 1. The van der Waals surface area contributed by atoms with Crippen LogP contribution in [0.3, 0.4) is 0 Å². The SMILES string of the molecule is CSCC[C@@H](NC(=O)c1ccco1)C(=O)N[C@H]1CCc2ccccc21. The number of hydrogen-bond acceptors (Lipinski definition) is 4. The Bertz CT molecular complexity index is 730. The van der Waals surface area contributed by atoms with Crippen LogP contribution in [0.4, 0.5) is 0 Å². The van der Waals surface area contributed by atoms with E-state index in [2.05, 4.69) is 22.8 Å². The Kier molecular flexibility index (Phi) is 5.81. The highest BCUT2D eigenvalue weighted by atomic mass is 32.2. The predicted octanol–water partition coefficient (Wildman–Crippen LogP) is 2.93. The summed E-state index contributed by atoms with van der Waals surface area (Å²) in [5.41, 5.74) is 2.46. The van der Waals surface area contributed by atoms with Crippen molar-refractivity contribution in [1.29, 1.82) is 0 Å². The first-order valence-electron chi connectivity index (χ1n) is 8.40. The van der Waals surface area contributed by atoms with Gasteiger partial charge in [-0.05, 0) is 54.5 Å². The van der Waals surface area contributed by atoms with E-state index >= 15 is 0 Å². The number of rotatable bonds is 7. The largest absolute Gasteiger partial charge is 0.459 e. The van der Waals surface area contributed by atoms with Crippen molar-refractivity contribution in [3.8, 4) is 0 Å². The molecule has 0 unspecified atom stereocenters. The van der Waals surface area contributed by atoms with Gasteiger partial charge in [0.05, 0.1) is 12.3 Å². The maximum absolute atomic E-state index is 12.8. The van der Waals surface area contributed by atoms with Crippen molar-refractivity contribution in [3.63, 3.8) is 0 Å². The first kappa shape index (κ1) is 17.6. The smallest absolute Gasteiger partial charge is 0.287 e. The van der Waals surface area contributed by atoms with Crippen LogP contribution in [-0.4, -0.2) is 29.9 Å². The van der Waals surface area contributed by atoms with Crippen LogP contribution in [-0.2, 0) is 11.2 Å². The molecule has 3 rings (SSSR count). The zero-order valence-electron chi connectivity index (χ0n) is 14.2. The van der Waals surface area contributed by atoms with E-state index in [9.17, 15) is 9.59 Å². The second-order valence-electron chi connectivity index (χ2n) is 6.08. The zero-order chi connectivity index (χ0) is 17.6. The minimum absolute atomic E-state index is 0.0148. The second kappa shape index (κ2) is 8.25. The van der Waals surface area contributed by atoms with Gasteiger partial charge in [-0.15, -0.1) is 0 Å². The molecule has 2 N–H and O–H groups in total. The molecule has 1 aromatic heterocycles. The molecule has 6 heteroatoms. The molecular formula is C19H22N2O3S. The lowest BCUT2D eigenvalue weighted by Crippen LogP contribution is -2.47. The fourth-order valence-corrected chi connectivity index (χ4v) is 3.59. The molecule has 0 spiro atoms. The summed E-state index contributed by atoms with van der Waals surface area (Å²) in [4.78, 5) is 25.0. The first-order chi connectivity index (χ1) is 12.2. The van der Waals surface area contributed by atoms with Gasteiger partial charge in [0.15, 0.2) is 5.76 Å². The number of fused-ring (bicyclic) bond motifs is 1. The monoisotopic (exact) mass is 358 g/mol. The van der Waals surface area contributed by atoms with E-state index in [1.807, 2.05) is 18.4 Å². The van der Waals surface area contributed by atoms with Crippen molar-refractivity contribution in [2.75, 3.05) is 12.0 Å². The van der Waals surface area contributed by atoms with Crippen LogP contribution in [0.1, 0.15) is 40.6 Å². The van der Waals surface area contributed by atoms with Crippen molar-refractivity contribution in [1.82, 2.24) is 10.6 Å².